The largest absolute Gasteiger partial charge is 0.494 e. The van der Waals surface area contributed by atoms with Gasteiger partial charge in [0.15, 0.2) is 0 Å². The predicted molar refractivity (Wildman–Crippen MR) is 106 cm³/mol. The molecule has 2 aromatic rings. The molecule has 1 aromatic carbocycles. The van der Waals surface area contributed by atoms with E-state index >= 15 is 0 Å². The molecule has 0 bridgehead atoms. The van der Waals surface area contributed by atoms with Gasteiger partial charge in [-0.25, -0.2) is 4.98 Å². The fourth-order valence-electron chi connectivity index (χ4n) is 4.56. The first kappa shape index (κ1) is 18.2. The van der Waals surface area contributed by atoms with E-state index in [0.717, 1.165) is 43.9 Å². The molecule has 27 heavy (non-hydrogen) atoms. The van der Waals surface area contributed by atoms with Crippen molar-refractivity contribution in [2.45, 2.75) is 58.4 Å². The number of fused-ring (bicyclic) bond motifs is 1. The summed E-state index contributed by atoms with van der Waals surface area (Å²) < 4.78 is 5.96. The van der Waals surface area contributed by atoms with Gasteiger partial charge in [0.1, 0.15) is 11.6 Å². The van der Waals surface area contributed by atoms with Crippen LogP contribution in [0.15, 0.2) is 23.0 Å². The first-order valence-electron chi connectivity index (χ1n) is 10.2. The van der Waals surface area contributed by atoms with Crippen LogP contribution in [0.3, 0.4) is 0 Å². The lowest BCUT2D eigenvalue weighted by molar-refractivity contribution is 0.195. The van der Waals surface area contributed by atoms with Crippen molar-refractivity contribution in [3.63, 3.8) is 0 Å². The third-order valence-electron chi connectivity index (χ3n) is 5.77. The lowest BCUT2D eigenvalue weighted by atomic mass is 9.94. The number of aromatic amines is 1. The molecule has 2 heterocycles. The van der Waals surface area contributed by atoms with E-state index in [1.165, 1.54) is 36.0 Å². The minimum atomic E-state index is -0.0492. The zero-order valence-electron chi connectivity index (χ0n) is 16.4. The van der Waals surface area contributed by atoms with Gasteiger partial charge in [0.05, 0.1) is 12.3 Å². The van der Waals surface area contributed by atoms with Crippen LogP contribution in [0.25, 0.3) is 0 Å². The van der Waals surface area contributed by atoms with Gasteiger partial charge in [-0.3, -0.25) is 9.69 Å². The molecule has 144 valence electrons. The van der Waals surface area contributed by atoms with Gasteiger partial charge in [-0.15, -0.1) is 0 Å². The molecule has 1 unspecified atom stereocenters. The van der Waals surface area contributed by atoms with Crippen molar-refractivity contribution in [2.24, 2.45) is 0 Å². The van der Waals surface area contributed by atoms with Crippen molar-refractivity contribution < 1.29 is 4.74 Å². The number of ether oxygens (including phenoxy) is 1. The van der Waals surface area contributed by atoms with E-state index in [1.807, 2.05) is 6.92 Å². The number of H-pyrrole nitrogens is 1. The van der Waals surface area contributed by atoms with Crippen molar-refractivity contribution in [2.75, 3.05) is 19.7 Å². The highest BCUT2D eigenvalue weighted by Gasteiger charge is 2.24. The van der Waals surface area contributed by atoms with Crippen LogP contribution in [0.1, 0.15) is 60.3 Å². The van der Waals surface area contributed by atoms with Crippen molar-refractivity contribution >= 4 is 0 Å². The molecule has 1 saturated heterocycles. The first-order chi connectivity index (χ1) is 13.1. The van der Waals surface area contributed by atoms with Crippen LogP contribution in [0.4, 0.5) is 0 Å². The Morgan fingerprint density at radius 2 is 2.04 bits per heavy atom. The minimum absolute atomic E-state index is 0.0492. The number of hydrogen-bond donors (Lipinski definition) is 1. The van der Waals surface area contributed by atoms with Gasteiger partial charge < -0.3 is 9.72 Å². The summed E-state index contributed by atoms with van der Waals surface area (Å²) in [6.45, 7) is 7.53. The Hall–Kier alpha value is -2.14. The van der Waals surface area contributed by atoms with Gasteiger partial charge in [-0.2, -0.15) is 0 Å². The summed E-state index contributed by atoms with van der Waals surface area (Å²) in [6, 6.07) is 6.30. The molecule has 0 saturated carbocycles. The Balaban J connectivity index is 1.53. The Morgan fingerprint density at radius 1 is 1.22 bits per heavy atom. The number of rotatable bonds is 5. The van der Waals surface area contributed by atoms with Crippen LogP contribution in [-0.4, -0.2) is 34.6 Å². The van der Waals surface area contributed by atoms with Gasteiger partial charge in [-0.05, 0) is 69.7 Å². The number of nitrogens with one attached hydrogen (secondary N) is 1. The molecular weight excluding hydrogens is 338 g/mol. The molecule has 0 amide bonds. The summed E-state index contributed by atoms with van der Waals surface area (Å²) in [4.78, 5) is 21.7. The summed E-state index contributed by atoms with van der Waals surface area (Å²) in [7, 11) is 0. The number of aromatic nitrogens is 2. The second kappa shape index (κ2) is 7.85. The molecule has 0 radical (unpaired) electrons. The molecule has 1 fully saturated rings. The zero-order valence-corrected chi connectivity index (χ0v) is 16.4. The van der Waals surface area contributed by atoms with E-state index in [9.17, 15) is 4.79 Å². The van der Waals surface area contributed by atoms with E-state index < -0.39 is 0 Å². The SMILES string of the molecule is CCOc1cc2c(cc1CN1CCCC(c3cc(=O)[nH]c(C)n3)C1)CCC2. The van der Waals surface area contributed by atoms with E-state index in [4.69, 9.17) is 4.74 Å². The third-order valence-corrected chi connectivity index (χ3v) is 5.77. The maximum atomic E-state index is 11.8. The maximum Gasteiger partial charge on any atom is 0.251 e. The highest BCUT2D eigenvalue weighted by molar-refractivity contribution is 5.45. The fraction of sp³-hybridized carbons (Fsp3) is 0.545. The second-order valence-electron chi connectivity index (χ2n) is 7.85. The topological polar surface area (TPSA) is 58.2 Å². The molecule has 1 aliphatic carbocycles. The quantitative estimate of drug-likeness (QED) is 0.880. The lowest BCUT2D eigenvalue weighted by Gasteiger charge is -2.33. The third kappa shape index (κ3) is 4.08. The second-order valence-corrected chi connectivity index (χ2v) is 7.85. The standard InChI is InChI=1S/C22H29N3O2/c1-3-27-21-11-17-7-4-6-16(17)10-19(21)14-25-9-5-8-18(13-25)20-12-22(26)24-15(2)23-20/h10-12,18H,3-9,13-14H2,1-2H3,(H,23,24,26). The van der Waals surface area contributed by atoms with Crippen LogP contribution in [0.5, 0.6) is 5.75 Å². The van der Waals surface area contributed by atoms with Gasteiger partial charge in [0.2, 0.25) is 0 Å². The molecule has 5 nitrogen and oxygen atoms in total. The van der Waals surface area contributed by atoms with E-state index in [1.54, 1.807) is 6.07 Å². The van der Waals surface area contributed by atoms with Gasteiger partial charge in [0.25, 0.3) is 5.56 Å². The summed E-state index contributed by atoms with van der Waals surface area (Å²) in [5.74, 6) is 2.07. The molecule has 0 spiro atoms. The monoisotopic (exact) mass is 367 g/mol. The number of nitrogens with zero attached hydrogens (tertiary/aromatic N) is 2. The van der Waals surface area contributed by atoms with Crippen molar-refractivity contribution in [1.29, 1.82) is 0 Å². The smallest absolute Gasteiger partial charge is 0.251 e. The fourth-order valence-corrected chi connectivity index (χ4v) is 4.56. The van der Waals surface area contributed by atoms with Crippen molar-refractivity contribution in [1.82, 2.24) is 14.9 Å². The molecular formula is C22H29N3O2. The van der Waals surface area contributed by atoms with Crippen molar-refractivity contribution in [3.05, 3.63) is 56.8 Å². The maximum absolute atomic E-state index is 11.8. The Kier molecular flexibility index (Phi) is 5.30. The first-order valence-corrected chi connectivity index (χ1v) is 10.2. The van der Waals surface area contributed by atoms with Crippen LogP contribution < -0.4 is 10.3 Å². The molecule has 2 aliphatic rings. The molecule has 1 atom stereocenters. The lowest BCUT2D eigenvalue weighted by Crippen LogP contribution is -2.35. The summed E-state index contributed by atoms with van der Waals surface area (Å²) in [6.07, 6.45) is 5.84. The molecule has 4 rings (SSSR count). The highest BCUT2D eigenvalue weighted by atomic mass is 16.5. The number of aryl methyl sites for hydroxylation is 3. The number of piperidine rings is 1. The minimum Gasteiger partial charge on any atom is -0.494 e. The van der Waals surface area contributed by atoms with Gasteiger partial charge in [0, 0.05) is 30.6 Å². The summed E-state index contributed by atoms with van der Waals surface area (Å²) >= 11 is 0. The van der Waals surface area contributed by atoms with Gasteiger partial charge >= 0.3 is 0 Å². The van der Waals surface area contributed by atoms with E-state index in [2.05, 4.69) is 33.9 Å². The van der Waals surface area contributed by atoms with Crippen LogP contribution >= 0.6 is 0 Å². The van der Waals surface area contributed by atoms with Crippen molar-refractivity contribution in [3.8, 4) is 5.75 Å². The average Bonchev–Trinajstić information content (AvgIpc) is 3.09. The molecule has 5 heteroatoms. The number of hydrogen-bond acceptors (Lipinski definition) is 4. The van der Waals surface area contributed by atoms with Gasteiger partial charge in [-0.1, -0.05) is 6.07 Å². The van der Waals surface area contributed by atoms with E-state index in [-0.39, 0.29) is 5.56 Å². The molecule has 1 aliphatic heterocycles. The normalized spacial score (nSPS) is 19.9. The summed E-state index contributed by atoms with van der Waals surface area (Å²) in [5, 5.41) is 0. The van der Waals surface area contributed by atoms with Crippen LogP contribution in [0.2, 0.25) is 0 Å². The molecule has 1 N–H and O–H groups in total. The highest BCUT2D eigenvalue weighted by Crippen LogP contribution is 2.32. The average molecular weight is 367 g/mol. The van der Waals surface area contributed by atoms with Crippen LogP contribution in [-0.2, 0) is 19.4 Å². The summed E-state index contributed by atoms with van der Waals surface area (Å²) in [5.41, 5.74) is 5.14. The number of likely N-dealkylation sites (tertiary alicyclic amines) is 1. The zero-order chi connectivity index (χ0) is 18.8. The van der Waals surface area contributed by atoms with E-state index in [0.29, 0.717) is 18.3 Å². The van der Waals surface area contributed by atoms with Crippen LogP contribution in [0, 0.1) is 6.92 Å². The predicted octanol–water partition coefficient (Wildman–Crippen LogP) is 3.35. The Bertz CT molecular complexity index is 874. The molecule has 1 aromatic heterocycles. The Morgan fingerprint density at radius 3 is 2.81 bits per heavy atom. The Labute approximate surface area is 160 Å². The number of benzene rings is 1.